The first-order chi connectivity index (χ1) is 7.38. The highest BCUT2D eigenvalue weighted by atomic mass is 16.3. The highest BCUT2D eigenvalue weighted by Gasteiger charge is 2.38. The monoisotopic (exact) mass is 230 g/mol. The molecule has 1 aliphatic rings. The molecule has 1 aliphatic carbocycles. The molecule has 0 radical (unpaired) electrons. The van der Waals surface area contributed by atoms with Gasteiger partial charge >= 0.3 is 0 Å². The molecule has 16 heavy (non-hydrogen) atoms. The molecule has 1 unspecified atom stereocenters. The number of hydrogen-bond acceptors (Lipinski definition) is 3. The van der Waals surface area contributed by atoms with Crippen LogP contribution < -0.4 is 0 Å². The van der Waals surface area contributed by atoms with Crippen molar-refractivity contribution >= 4 is 0 Å². The Kier molecular flexibility index (Phi) is 4.77. The lowest BCUT2D eigenvalue weighted by atomic mass is 9.65. The summed E-state index contributed by atoms with van der Waals surface area (Å²) < 4.78 is 0. The predicted molar refractivity (Wildman–Crippen MR) is 64.0 cm³/mol. The van der Waals surface area contributed by atoms with Crippen LogP contribution in [-0.2, 0) is 0 Å². The molecule has 3 heteroatoms. The molecule has 0 aromatic heterocycles. The molecule has 0 spiro atoms. The molecular weight excluding hydrogens is 204 g/mol. The Bertz CT molecular complexity index is 217. The Morgan fingerprint density at radius 3 is 2.44 bits per heavy atom. The quantitative estimate of drug-likeness (QED) is 0.687. The van der Waals surface area contributed by atoms with Crippen LogP contribution in [0, 0.1) is 17.3 Å². The van der Waals surface area contributed by atoms with Gasteiger partial charge in [-0.25, -0.2) is 0 Å². The lowest BCUT2D eigenvalue weighted by Gasteiger charge is -2.43. The van der Waals surface area contributed by atoms with E-state index in [0.29, 0.717) is 18.3 Å². The van der Waals surface area contributed by atoms with Crippen LogP contribution >= 0.6 is 0 Å². The first kappa shape index (κ1) is 13.9. The van der Waals surface area contributed by atoms with E-state index in [9.17, 15) is 10.2 Å². The van der Waals surface area contributed by atoms with Gasteiger partial charge in [0.2, 0.25) is 0 Å². The van der Waals surface area contributed by atoms with E-state index in [-0.39, 0.29) is 18.1 Å². The summed E-state index contributed by atoms with van der Waals surface area (Å²) >= 11 is 0. The first-order valence-corrected chi connectivity index (χ1v) is 6.35. The summed E-state index contributed by atoms with van der Waals surface area (Å²) in [5, 5.41) is 28.5. The van der Waals surface area contributed by atoms with Crippen molar-refractivity contribution in [1.82, 2.24) is 0 Å². The van der Waals surface area contributed by atoms with Crippen molar-refractivity contribution in [3.63, 3.8) is 0 Å². The maximum Gasteiger partial charge on any atom is 0.0776 e. The molecule has 0 bridgehead atoms. The second-order valence-electron chi connectivity index (χ2n) is 6.07. The van der Waals surface area contributed by atoms with Crippen molar-refractivity contribution in [2.24, 2.45) is 17.3 Å². The minimum absolute atomic E-state index is 0.0209. The zero-order valence-electron chi connectivity index (χ0n) is 10.7. The van der Waals surface area contributed by atoms with Crippen molar-refractivity contribution < 1.29 is 15.3 Å². The zero-order chi connectivity index (χ0) is 12.3. The molecular formula is C13H26O3. The van der Waals surface area contributed by atoms with Gasteiger partial charge in [-0.2, -0.15) is 0 Å². The summed E-state index contributed by atoms with van der Waals surface area (Å²) in [6.07, 6.45) is 2.48. The molecule has 0 aliphatic heterocycles. The van der Waals surface area contributed by atoms with E-state index < -0.39 is 6.10 Å². The zero-order valence-corrected chi connectivity index (χ0v) is 10.7. The standard InChI is InChI=1S/C13H26O3/c1-9(2)11-4-5-13(3,7-12(11)16)6-10(15)8-14/h9-12,14-16H,4-8H2,1-3H3/t10?,11-,12+,13-/m0/s1. The van der Waals surface area contributed by atoms with Crippen LogP contribution in [0.5, 0.6) is 0 Å². The van der Waals surface area contributed by atoms with Gasteiger partial charge in [0.25, 0.3) is 0 Å². The fourth-order valence-corrected chi connectivity index (χ4v) is 3.06. The Balaban J connectivity index is 2.55. The fraction of sp³-hybridized carbons (Fsp3) is 1.00. The molecule has 1 fully saturated rings. The normalized spacial score (nSPS) is 37.7. The van der Waals surface area contributed by atoms with Gasteiger partial charge in [-0.1, -0.05) is 20.8 Å². The van der Waals surface area contributed by atoms with Crippen LogP contribution in [-0.4, -0.2) is 34.1 Å². The van der Waals surface area contributed by atoms with E-state index in [1.54, 1.807) is 0 Å². The van der Waals surface area contributed by atoms with Gasteiger partial charge in [0.05, 0.1) is 18.8 Å². The lowest BCUT2D eigenvalue weighted by molar-refractivity contribution is -0.0361. The maximum absolute atomic E-state index is 10.1. The van der Waals surface area contributed by atoms with Crippen LogP contribution in [0.25, 0.3) is 0 Å². The van der Waals surface area contributed by atoms with Crippen LogP contribution in [0.1, 0.15) is 46.5 Å². The molecule has 3 nitrogen and oxygen atoms in total. The molecule has 1 saturated carbocycles. The highest BCUT2D eigenvalue weighted by Crippen LogP contribution is 2.44. The maximum atomic E-state index is 10.1. The van der Waals surface area contributed by atoms with Crippen LogP contribution in [0.4, 0.5) is 0 Å². The molecule has 0 aromatic rings. The van der Waals surface area contributed by atoms with Crippen molar-refractivity contribution in [2.45, 2.75) is 58.7 Å². The Morgan fingerprint density at radius 2 is 2.00 bits per heavy atom. The Morgan fingerprint density at radius 1 is 1.38 bits per heavy atom. The van der Waals surface area contributed by atoms with E-state index in [0.717, 1.165) is 19.3 Å². The van der Waals surface area contributed by atoms with Crippen molar-refractivity contribution in [2.75, 3.05) is 6.61 Å². The predicted octanol–water partition coefficient (Wildman–Crippen LogP) is 1.55. The fourth-order valence-electron chi connectivity index (χ4n) is 3.06. The average Bonchev–Trinajstić information content (AvgIpc) is 2.16. The van der Waals surface area contributed by atoms with Gasteiger partial charge in [-0.05, 0) is 42.9 Å². The number of aliphatic hydroxyl groups is 3. The van der Waals surface area contributed by atoms with E-state index >= 15 is 0 Å². The van der Waals surface area contributed by atoms with E-state index in [4.69, 9.17) is 5.11 Å². The minimum atomic E-state index is -0.646. The molecule has 1 rings (SSSR count). The lowest BCUT2D eigenvalue weighted by Crippen LogP contribution is -2.39. The number of aliphatic hydroxyl groups excluding tert-OH is 3. The first-order valence-electron chi connectivity index (χ1n) is 6.35. The van der Waals surface area contributed by atoms with Gasteiger partial charge in [0.1, 0.15) is 0 Å². The summed E-state index contributed by atoms with van der Waals surface area (Å²) in [6, 6.07) is 0. The van der Waals surface area contributed by atoms with E-state index in [1.165, 1.54) is 0 Å². The van der Waals surface area contributed by atoms with Crippen molar-refractivity contribution in [1.29, 1.82) is 0 Å². The van der Waals surface area contributed by atoms with E-state index in [1.807, 2.05) is 0 Å². The van der Waals surface area contributed by atoms with Crippen molar-refractivity contribution in [3.8, 4) is 0 Å². The molecule has 0 heterocycles. The topological polar surface area (TPSA) is 60.7 Å². The summed E-state index contributed by atoms with van der Waals surface area (Å²) in [5.41, 5.74) is -0.0209. The van der Waals surface area contributed by atoms with Gasteiger partial charge in [0.15, 0.2) is 0 Å². The average molecular weight is 230 g/mol. The molecule has 0 aromatic carbocycles. The molecule has 96 valence electrons. The molecule has 0 amide bonds. The molecule has 3 N–H and O–H groups in total. The SMILES string of the molecule is CC(C)[C@@H]1CC[C@@](C)(CC(O)CO)C[C@H]1O. The number of rotatable bonds is 4. The summed E-state index contributed by atoms with van der Waals surface area (Å²) in [4.78, 5) is 0. The third-order valence-electron chi connectivity index (χ3n) is 4.07. The second-order valence-corrected chi connectivity index (χ2v) is 6.07. The third kappa shape index (κ3) is 3.44. The van der Waals surface area contributed by atoms with Crippen LogP contribution in [0.3, 0.4) is 0 Å². The smallest absolute Gasteiger partial charge is 0.0776 e. The Hall–Kier alpha value is -0.120. The largest absolute Gasteiger partial charge is 0.394 e. The third-order valence-corrected chi connectivity index (χ3v) is 4.07. The van der Waals surface area contributed by atoms with Gasteiger partial charge in [-0.15, -0.1) is 0 Å². The van der Waals surface area contributed by atoms with Gasteiger partial charge in [0, 0.05) is 0 Å². The summed E-state index contributed by atoms with van der Waals surface area (Å²) in [7, 11) is 0. The van der Waals surface area contributed by atoms with Gasteiger partial charge < -0.3 is 15.3 Å². The summed E-state index contributed by atoms with van der Waals surface area (Å²) in [5.74, 6) is 0.904. The van der Waals surface area contributed by atoms with E-state index in [2.05, 4.69) is 20.8 Å². The summed E-state index contributed by atoms with van der Waals surface area (Å²) in [6.45, 7) is 6.23. The Labute approximate surface area is 98.5 Å². The molecule has 4 atom stereocenters. The van der Waals surface area contributed by atoms with Crippen molar-refractivity contribution in [3.05, 3.63) is 0 Å². The minimum Gasteiger partial charge on any atom is -0.394 e. The van der Waals surface area contributed by atoms with Gasteiger partial charge in [-0.3, -0.25) is 0 Å². The molecule has 0 saturated heterocycles. The number of hydrogen-bond donors (Lipinski definition) is 3. The van der Waals surface area contributed by atoms with Crippen LogP contribution in [0.15, 0.2) is 0 Å². The second kappa shape index (κ2) is 5.48. The highest BCUT2D eigenvalue weighted by molar-refractivity contribution is 4.89. The van der Waals surface area contributed by atoms with Crippen LogP contribution in [0.2, 0.25) is 0 Å².